The molecule has 1 aromatic rings. The Balaban J connectivity index is 2.79. The first kappa shape index (κ1) is 13.2. The summed E-state index contributed by atoms with van der Waals surface area (Å²) in [6.07, 6.45) is 1.28. The van der Waals surface area contributed by atoms with E-state index in [0.29, 0.717) is 6.42 Å². The first-order valence-electron chi connectivity index (χ1n) is 5.57. The maximum Gasteiger partial charge on any atom is 0.224 e. The molecular formula is C13H15FN2O. The molecule has 0 heterocycles. The standard InChI is InChI=1S/C13H15FN2O/c1-3-9(2)7-13(17)16-12-6-4-5-11(14)10(12)8-15/h4-6,9H,3,7H2,1-2H3,(H,16,17). The van der Waals surface area contributed by atoms with Gasteiger partial charge in [0.05, 0.1) is 5.69 Å². The lowest BCUT2D eigenvalue weighted by Gasteiger charge is -2.10. The van der Waals surface area contributed by atoms with Crippen molar-refractivity contribution in [1.29, 1.82) is 5.26 Å². The van der Waals surface area contributed by atoms with Crippen LogP contribution in [0.15, 0.2) is 18.2 Å². The lowest BCUT2D eigenvalue weighted by atomic mass is 10.0. The molecule has 1 atom stereocenters. The van der Waals surface area contributed by atoms with Crippen molar-refractivity contribution in [3.63, 3.8) is 0 Å². The number of nitrogens with one attached hydrogen (secondary N) is 1. The van der Waals surface area contributed by atoms with Crippen molar-refractivity contribution in [3.8, 4) is 6.07 Å². The summed E-state index contributed by atoms with van der Waals surface area (Å²) in [5, 5.41) is 11.4. The molecule has 90 valence electrons. The monoisotopic (exact) mass is 234 g/mol. The summed E-state index contributed by atoms with van der Waals surface area (Å²) < 4.78 is 13.3. The summed E-state index contributed by atoms with van der Waals surface area (Å²) in [6.45, 7) is 3.97. The van der Waals surface area contributed by atoms with Gasteiger partial charge in [-0.3, -0.25) is 4.79 Å². The zero-order valence-corrected chi connectivity index (χ0v) is 9.96. The maximum absolute atomic E-state index is 13.3. The van der Waals surface area contributed by atoms with Crippen molar-refractivity contribution in [2.24, 2.45) is 5.92 Å². The van der Waals surface area contributed by atoms with Crippen LogP contribution in [0.3, 0.4) is 0 Å². The van der Waals surface area contributed by atoms with Gasteiger partial charge in [-0.05, 0) is 18.1 Å². The third-order valence-corrected chi connectivity index (χ3v) is 2.63. The van der Waals surface area contributed by atoms with Crippen LogP contribution >= 0.6 is 0 Å². The molecule has 1 N–H and O–H groups in total. The summed E-state index contributed by atoms with van der Waals surface area (Å²) >= 11 is 0. The van der Waals surface area contributed by atoms with Gasteiger partial charge in [0.25, 0.3) is 0 Å². The fourth-order valence-corrected chi connectivity index (χ4v) is 1.40. The van der Waals surface area contributed by atoms with E-state index in [2.05, 4.69) is 5.32 Å². The van der Waals surface area contributed by atoms with E-state index in [4.69, 9.17) is 5.26 Å². The molecular weight excluding hydrogens is 219 g/mol. The number of nitrogens with zero attached hydrogens (tertiary/aromatic N) is 1. The number of nitriles is 1. The van der Waals surface area contributed by atoms with Crippen LogP contribution in [0.25, 0.3) is 0 Å². The number of hydrogen-bond acceptors (Lipinski definition) is 2. The molecule has 0 aliphatic heterocycles. The zero-order chi connectivity index (χ0) is 12.8. The van der Waals surface area contributed by atoms with Crippen LogP contribution in [0.2, 0.25) is 0 Å². The molecule has 0 bridgehead atoms. The van der Waals surface area contributed by atoms with E-state index >= 15 is 0 Å². The average Bonchev–Trinajstić information content (AvgIpc) is 2.29. The second kappa shape index (κ2) is 6.00. The number of carbonyl (C=O) groups is 1. The lowest BCUT2D eigenvalue weighted by Crippen LogP contribution is -2.15. The minimum atomic E-state index is -0.617. The van der Waals surface area contributed by atoms with Gasteiger partial charge >= 0.3 is 0 Å². The number of rotatable bonds is 4. The van der Waals surface area contributed by atoms with Gasteiger partial charge in [-0.1, -0.05) is 26.3 Å². The molecule has 4 heteroatoms. The number of halogens is 1. The second-order valence-electron chi connectivity index (χ2n) is 4.04. The zero-order valence-electron chi connectivity index (χ0n) is 9.96. The number of anilines is 1. The van der Waals surface area contributed by atoms with Crippen LogP contribution in [0, 0.1) is 23.1 Å². The Kier molecular flexibility index (Phi) is 4.65. The van der Waals surface area contributed by atoms with Crippen LogP contribution in [0.1, 0.15) is 32.3 Å². The van der Waals surface area contributed by atoms with Gasteiger partial charge in [-0.25, -0.2) is 4.39 Å². The molecule has 1 amide bonds. The molecule has 0 aliphatic carbocycles. The van der Waals surface area contributed by atoms with E-state index in [1.54, 1.807) is 6.07 Å². The first-order chi connectivity index (χ1) is 8.08. The maximum atomic E-state index is 13.3. The third-order valence-electron chi connectivity index (χ3n) is 2.63. The summed E-state index contributed by atoms with van der Waals surface area (Å²) in [6, 6.07) is 5.94. The van der Waals surface area contributed by atoms with Crippen LogP contribution in [-0.2, 0) is 4.79 Å². The van der Waals surface area contributed by atoms with Crippen LogP contribution in [0.4, 0.5) is 10.1 Å². The Bertz CT molecular complexity index is 451. The molecule has 1 aromatic carbocycles. The van der Waals surface area contributed by atoms with Crippen LogP contribution in [0.5, 0.6) is 0 Å². The number of hydrogen-bond donors (Lipinski definition) is 1. The first-order valence-corrected chi connectivity index (χ1v) is 5.57. The number of carbonyl (C=O) groups excluding carboxylic acids is 1. The summed E-state index contributed by atoms with van der Waals surface area (Å²) in [4.78, 5) is 11.6. The van der Waals surface area contributed by atoms with E-state index < -0.39 is 5.82 Å². The largest absolute Gasteiger partial charge is 0.325 e. The lowest BCUT2D eigenvalue weighted by molar-refractivity contribution is -0.117. The van der Waals surface area contributed by atoms with Gasteiger partial charge in [0.15, 0.2) is 0 Å². The van der Waals surface area contributed by atoms with E-state index in [9.17, 15) is 9.18 Å². The molecule has 17 heavy (non-hydrogen) atoms. The van der Waals surface area contributed by atoms with Crippen molar-refractivity contribution in [2.75, 3.05) is 5.32 Å². The molecule has 0 fully saturated rings. The van der Waals surface area contributed by atoms with E-state index in [1.807, 2.05) is 13.8 Å². The SMILES string of the molecule is CCC(C)CC(=O)Nc1cccc(F)c1C#N. The fraction of sp³-hybridized carbons (Fsp3) is 0.385. The number of amides is 1. The van der Waals surface area contributed by atoms with Gasteiger partial charge in [-0.15, -0.1) is 0 Å². The molecule has 0 radical (unpaired) electrons. The van der Waals surface area contributed by atoms with Gasteiger partial charge in [0.1, 0.15) is 17.4 Å². The highest BCUT2D eigenvalue weighted by molar-refractivity contribution is 5.92. The summed E-state index contributed by atoms with van der Waals surface area (Å²) in [5.74, 6) is -0.538. The topological polar surface area (TPSA) is 52.9 Å². The van der Waals surface area contributed by atoms with Gasteiger partial charge in [0.2, 0.25) is 5.91 Å². The predicted molar refractivity (Wildman–Crippen MR) is 63.8 cm³/mol. The normalized spacial score (nSPS) is 11.6. The van der Waals surface area contributed by atoms with Crippen molar-refractivity contribution >= 4 is 11.6 Å². The summed E-state index contributed by atoms with van der Waals surface area (Å²) in [7, 11) is 0. The molecule has 0 spiro atoms. The van der Waals surface area contributed by atoms with Crippen molar-refractivity contribution in [1.82, 2.24) is 0 Å². The highest BCUT2D eigenvalue weighted by atomic mass is 19.1. The highest BCUT2D eigenvalue weighted by Gasteiger charge is 2.12. The predicted octanol–water partition coefficient (Wildman–Crippen LogP) is 3.07. The molecule has 3 nitrogen and oxygen atoms in total. The third kappa shape index (κ3) is 3.56. The molecule has 0 saturated heterocycles. The molecule has 0 aromatic heterocycles. The minimum Gasteiger partial charge on any atom is -0.325 e. The van der Waals surface area contributed by atoms with E-state index in [0.717, 1.165) is 6.42 Å². The van der Waals surface area contributed by atoms with Gasteiger partial charge < -0.3 is 5.32 Å². The Labute approximate surface area is 100 Å². The van der Waals surface area contributed by atoms with Crippen LogP contribution < -0.4 is 5.32 Å². The van der Waals surface area contributed by atoms with Crippen molar-refractivity contribution in [3.05, 3.63) is 29.6 Å². The Morgan fingerprint density at radius 2 is 2.29 bits per heavy atom. The Morgan fingerprint density at radius 3 is 2.88 bits per heavy atom. The smallest absolute Gasteiger partial charge is 0.224 e. The van der Waals surface area contributed by atoms with Gasteiger partial charge in [-0.2, -0.15) is 5.26 Å². The van der Waals surface area contributed by atoms with Crippen LogP contribution in [-0.4, -0.2) is 5.91 Å². The number of benzene rings is 1. The Hall–Kier alpha value is -1.89. The molecule has 0 aliphatic rings. The van der Waals surface area contributed by atoms with Gasteiger partial charge in [0, 0.05) is 6.42 Å². The van der Waals surface area contributed by atoms with E-state index in [1.165, 1.54) is 18.2 Å². The summed E-state index contributed by atoms with van der Waals surface area (Å²) in [5.41, 5.74) is 0.116. The molecule has 1 unspecified atom stereocenters. The fourth-order valence-electron chi connectivity index (χ4n) is 1.40. The van der Waals surface area contributed by atoms with Crippen molar-refractivity contribution in [2.45, 2.75) is 26.7 Å². The van der Waals surface area contributed by atoms with E-state index in [-0.39, 0.29) is 23.1 Å². The average molecular weight is 234 g/mol. The quantitative estimate of drug-likeness (QED) is 0.870. The van der Waals surface area contributed by atoms with Crippen molar-refractivity contribution < 1.29 is 9.18 Å². The highest BCUT2D eigenvalue weighted by Crippen LogP contribution is 2.18. The Morgan fingerprint density at radius 1 is 1.59 bits per heavy atom. The second-order valence-corrected chi connectivity index (χ2v) is 4.04. The molecule has 1 rings (SSSR count). The molecule has 0 saturated carbocycles. The minimum absolute atomic E-state index is 0.120.